The molecule has 1 aromatic rings. The van der Waals surface area contributed by atoms with Crippen LogP contribution in [0, 0.1) is 0 Å². The Balaban J connectivity index is 1.86. The topological polar surface area (TPSA) is 30.5 Å². The molecule has 2 heterocycles. The van der Waals surface area contributed by atoms with E-state index in [0.717, 1.165) is 49.1 Å². The minimum Gasteiger partial charge on any atom is -0.493 e. The van der Waals surface area contributed by atoms with Gasteiger partial charge >= 0.3 is 0 Å². The van der Waals surface area contributed by atoms with Crippen molar-refractivity contribution in [3.8, 4) is 5.75 Å². The summed E-state index contributed by atoms with van der Waals surface area (Å²) in [5.74, 6) is 1.09. The Hall–Kier alpha value is -0.580. The van der Waals surface area contributed by atoms with Crippen molar-refractivity contribution in [1.82, 2.24) is 5.32 Å². The van der Waals surface area contributed by atoms with E-state index in [1.54, 1.807) is 0 Å². The summed E-state index contributed by atoms with van der Waals surface area (Å²) in [7, 11) is 2.02. The molecule has 1 N–H and O–H groups in total. The SMILES string of the molecule is CNC(Cc1cc(Br)cc2c1OCC2)C1(C)CCCO1. The fourth-order valence-corrected chi connectivity index (χ4v) is 3.97. The summed E-state index contributed by atoms with van der Waals surface area (Å²) in [5, 5.41) is 3.45. The number of benzene rings is 1. The van der Waals surface area contributed by atoms with Crippen molar-refractivity contribution >= 4 is 15.9 Å². The maximum Gasteiger partial charge on any atom is 0.125 e. The Morgan fingerprint density at radius 3 is 2.95 bits per heavy atom. The van der Waals surface area contributed by atoms with Crippen molar-refractivity contribution in [2.75, 3.05) is 20.3 Å². The minimum absolute atomic E-state index is 0.0669. The van der Waals surface area contributed by atoms with Crippen LogP contribution in [0.2, 0.25) is 0 Å². The number of ether oxygens (including phenoxy) is 2. The molecule has 0 spiro atoms. The van der Waals surface area contributed by atoms with Gasteiger partial charge in [-0.2, -0.15) is 0 Å². The van der Waals surface area contributed by atoms with Crippen LogP contribution in [0.5, 0.6) is 5.75 Å². The van der Waals surface area contributed by atoms with E-state index in [2.05, 4.69) is 40.3 Å². The third-order valence-electron chi connectivity index (χ3n) is 4.58. The van der Waals surface area contributed by atoms with Gasteiger partial charge < -0.3 is 14.8 Å². The van der Waals surface area contributed by atoms with Crippen LogP contribution < -0.4 is 10.1 Å². The lowest BCUT2D eigenvalue weighted by atomic mass is 9.88. The first kappa shape index (κ1) is 14.4. The van der Waals surface area contributed by atoms with Crippen LogP contribution in [0.4, 0.5) is 0 Å². The Labute approximate surface area is 129 Å². The van der Waals surface area contributed by atoms with Crippen molar-refractivity contribution in [2.24, 2.45) is 0 Å². The fraction of sp³-hybridized carbons (Fsp3) is 0.625. The highest BCUT2D eigenvalue weighted by atomic mass is 79.9. The standard InChI is InChI=1S/C16H22BrNO2/c1-16(5-3-6-20-16)14(18-2)10-12-9-13(17)8-11-4-7-19-15(11)12/h8-9,14,18H,3-7,10H2,1-2H3. The number of hydrogen-bond donors (Lipinski definition) is 1. The van der Waals surface area contributed by atoms with E-state index in [-0.39, 0.29) is 5.60 Å². The number of rotatable bonds is 4. The molecule has 0 bridgehead atoms. The summed E-state index contributed by atoms with van der Waals surface area (Å²) < 4.78 is 13.0. The van der Waals surface area contributed by atoms with Crippen molar-refractivity contribution < 1.29 is 9.47 Å². The molecule has 110 valence electrons. The molecular weight excluding hydrogens is 318 g/mol. The molecule has 1 aromatic carbocycles. The van der Waals surface area contributed by atoms with E-state index < -0.39 is 0 Å². The largest absolute Gasteiger partial charge is 0.493 e. The summed E-state index contributed by atoms with van der Waals surface area (Å²) >= 11 is 3.62. The molecule has 2 aliphatic heterocycles. The van der Waals surface area contributed by atoms with Crippen molar-refractivity contribution in [2.45, 2.75) is 44.2 Å². The maximum absolute atomic E-state index is 6.00. The van der Waals surface area contributed by atoms with Gasteiger partial charge in [0.2, 0.25) is 0 Å². The monoisotopic (exact) mass is 339 g/mol. The zero-order chi connectivity index (χ0) is 14.2. The van der Waals surface area contributed by atoms with Crippen LogP contribution in [0.3, 0.4) is 0 Å². The lowest BCUT2D eigenvalue weighted by Gasteiger charge is -2.33. The van der Waals surface area contributed by atoms with E-state index in [0.29, 0.717) is 6.04 Å². The quantitative estimate of drug-likeness (QED) is 0.914. The summed E-state index contributed by atoms with van der Waals surface area (Å²) in [5.41, 5.74) is 2.53. The lowest BCUT2D eigenvalue weighted by molar-refractivity contribution is -0.00954. The highest BCUT2D eigenvalue weighted by Gasteiger charge is 2.38. The van der Waals surface area contributed by atoms with E-state index in [4.69, 9.17) is 9.47 Å². The number of hydrogen-bond acceptors (Lipinski definition) is 3. The van der Waals surface area contributed by atoms with Crippen molar-refractivity contribution in [3.63, 3.8) is 0 Å². The van der Waals surface area contributed by atoms with E-state index >= 15 is 0 Å². The first-order chi connectivity index (χ1) is 9.62. The summed E-state index contributed by atoms with van der Waals surface area (Å²) in [4.78, 5) is 0. The summed E-state index contributed by atoms with van der Waals surface area (Å²) in [6.07, 6.45) is 4.23. The van der Waals surface area contributed by atoms with Crippen molar-refractivity contribution in [3.05, 3.63) is 27.7 Å². The molecule has 0 aliphatic carbocycles. The number of nitrogens with one attached hydrogen (secondary N) is 1. The second-order valence-corrected chi connectivity index (χ2v) is 6.88. The third kappa shape index (κ3) is 2.61. The van der Waals surface area contributed by atoms with E-state index in [9.17, 15) is 0 Å². The van der Waals surface area contributed by atoms with Gasteiger partial charge in [0.25, 0.3) is 0 Å². The predicted octanol–water partition coefficient (Wildman–Crippen LogP) is 3.08. The molecule has 20 heavy (non-hydrogen) atoms. The first-order valence-corrected chi connectivity index (χ1v) is 8.17. The fourth-order valence-electron chi connectivity index (χ4n) is 3.42. The number of likely N-dealkylation sites (N-methyl/N-ethyl adjacent to an activating group) is 1. The predicted molar refractivity (Wildman–Crippen MR) is 83.5 cm³/mol. The third-order valence-corrected chi connectivity index (χ3v) is 5.04. The first-order valence-electron chi connectivity index (χ1n) is 7.38. The Bertz CT molecular complexity index is 497. The van der Waals surface area contributed by atoms with Gasteiger partial charge in [-0.05, 0) is 56.5 Å². The second kappa shape index (κ2) is 5.66. The van der Waals surface area contributed by atoms with Crippen LogP contribution in [0.25, 0.3) is 0 Å². The van der Waals surface area contributed by atoms with Crippen molar-refractivity contribution in [1.29, 1.82) is 0 Å². The Morgan fingerprint density at radius 1 is 1.40 bits per heavy atom. The molecule has 3 rings (SSSR count). The molecule has 0 radical (unpaired) electrons. The van der Waals surface area contributed by atoms with Crippen LogP contribution in [-0.4, -0.2) is 31.9 Å². The molecule has 3 nitrogen and oxygen atoms in total. The molecule has 4 heteroatoms. The molecule has 2 aliphatic rings. The smallest absolute Gasteiger partial charge is 0.125 e. The van der Waals surface area contributed by atoms with Crippen LogP contribution in [-0.2, 0) is 17.6 Å². The van der Waals surface area contributed by atoms with Crippen LogP contribution in [0.1, 0.15) is 30.9 Å². The van der Waals surface area contributed by atoms with Gasteiger partial charge in [0.05, 0.1) is 12.2 Å². The van der Waals surface area contributed by atoms with Gasteiger partial charge in [-0.25, -0.2) is 0 Å². The normalized spacial score (nSPS) is 26.4. The second-order valence-electron chi connectivity index (χ2n) is 5.96. The average molecular weight is 340 g/mol. The number of fused-ring (bicyclic) bond motifs is 1. The maximum atomic E-state index is 6.00. The zero-order valence-electron chi connectivity index (χ0n) is 12.2. The minimum atomic E-state index is -0.0669. The molecule has 2 atom stereocenters. The molecule has 0 amide bonds. The molecular formula is C16H22BrNO2. The van der Waals surface area contributed by atoms with E-state index in [1.807, 2.05) is 7.05 Å². The summed E-state index contributed by atoms with van der Waals surface area (Å²) in [6, 6.07) is 4.67. The molecule has 1 fully saturated rings. The van der Waals surface area contributed by atoms with Gasteiger partial charge in [-0.1, -0.05) is 15.9 Å². The van der Waals surface area contributed by atoms with Gasteiger partial charge in [0.1, 0.15) is 5.75 Å². The molecule has 0 saturated carbocycles. The highest BCUT2D eigenvalue weighted by molar-refractivity contribution is 9.10. The van der Waals surface area contributed by atoms with Gasteiger partial charge in [0, 0.05) is 23.5 Å². The lowest BCUT2D eigenvalue weighted by Crippen LogP contribution is -2.48. The number of halogens is 1. The van der Waals surface area contributed by atoms with Gasteiger partial charge in [-0.15, -0.1) is 0 Å². The van der Waals surface area contributed by atoms with Crippen LogP contribution >= 0.6 is 15.9 Å². The zero-order valence-corrected chi connectivity index (χ0v) is 13.8. The highest BCUT2D eigenvalue weighted by Crippen LogP contribution is 2.36. The van der Waals surface area contributed by atoms with Gasteiger partial charge in [0.15, 0.2) is 0 Å². The molecule has 0 aromatic heterocycles. The van der Waals surface area contributed by atoms with Crippen LogP contribution in [0.15, 0.2) is 16.6 Å². The average Bonchev–Trinajstić information content (AvgIpc) is 3.04. The Morgan fingerprint density at radius 2 is 2.25 bits per heavy atom. The van der Waals surface area contributed by atoms with Gasteiger partial charge in [-0.3, -0.25) is 0 Å². The van der Waals surface area contributed by atoms with E-state index in [1.165, 1.54) is 11.1 Å². The summed E-state index contributed by atoms with van der Waals surface area (Å²) in [6.45, 7) is 3.90. The molecule has 1 saturated heterocycles. The molecule has 2 unspecified atom stereocenters. The Kier molecular flexibility index (Phi) is 4.07.